The van der Waals surface area contributed by atoms with E-state index in [2.05, 4.69) is 31.8 Å². The first-order valence-corrected chi connectivity index (χ1v) is 13.8. The quantitative estimate of drug-likeness (QED) is 0.529. The zero-order valence-corrected chi connectivity index (χ0v) is 22.3. The molecule has 1 saturated heterocycles. The summed E-state index contributed by atoms with van der Waals surface area (Å²) in [6.45, 7) is 9.47. The van der Waals surface area contributed by atoms with Crippen molar-refractivity contribution in [2.75, 3.05) is 61.1 Å². The number of rotatable bonds is 4. The summed E-state index contributed by atoms with van der Waals surface area (Å²) in [4.78, 5) is 23.8. The number of aryl methyl sites for hydroxylation is 2. The highest BCUT2D eigenvalue weighted by molar-refractivity contribution is 7.91. The van der Waals surface area contributed by atoms with Crippen molar-refractivity contribution in [3.63, 3.8) is 0 Å². The molecule has 0 unspecified atom stereocenters. The van der Waals surface area contributed by atoms with Gasteiger partial charge in [-0.3, -0.25) is 4.79 Å². The summed E-state index contributed by atoms with van der Waals surface area (Å²) >= 11 is 0. The number of ether oxygens (including phenoxy) is 1. The van der Waals surface area contributed by atoms with Gasteiger partial charge < -0.3 is 24.0 Å². The Kier molecular flexibility index (Phi) is 6.20. The molecule has 5 rings (SSSR count). The fraction of sp³-hybridized carbons (Fsp3) is 0.462. The van der Waals surface area contributed by atoms with E-state index in [1.165, 1.54) is 0 Å². The number of anilines is 4. The molecule has 36 heavy (non-hydrogen) atoms. The van der Waals surface area contributed by atoms with Crippen molar-refractivity contribution in [2.24, 2.45) is 7.05 Å². The SMILES string of the molecule is Cc1cc2c(N3CCN(C)c4cc(S(=O)(=O)C(C)C)ncc43)cc(N3CCOCC3)cc2n(C)c1=O. The molecule has 0 N–H and O–H groups in total. The highest BCUT2D eigenvalue weighted by atomic mass is 32.2. The topological polar surface area (TPSA) is 88.0 Å². The van der Waals surface area contributed by atoms with Gasteiger partial charge in [0.25, 0.3) is 5.56 Å². The monoisotopic (exact) mass is 511 g/mol. The number of likely N-dealkylation sites (N-methyl/N-ethyl adjacent to an activating group) is 1. The number of aromatic nitrogens is 2. The van der Waals surface area contributed by atoms with Gasteiger partial charge in [-0.1, -0.05) is 0 Å². The van der Waals surface area contributed by atoms with Crippen LogP contribution < -0.4 is 20.3 Å². The predicted molar refractivity (Wildman–Crippen MR) is 144 cm³/mol. The Morgan fingerprint density at radius 2 is 1.67 bits per heavy atom. The van der Waals surface area contributed by atoms with Gasteiger partial charge >= 0.3 is 0 Å². The second kappa shape index (κ2) is 9.08. The Morgan fingerprint density at radius 3 is 2.36 bits per heavy atom. The minimum atomic E-state index is -3.50. The second-order valence-electron chi connectivity index (χ2n) is 9.87. The third kappa shape index (κ3) is 4.02. The lowest BCUT2D eigenvalue weighted by atomic mass is 10.1. The van der Waals surface area contributed by atoms with Gasteiger partial charge in [0.05, 0.1) is 47.2 Å². The Morgan fingerprint density at radius 1 is 0.944 bits per heavy atom. The van der Waals surface area contributed by atoms with Crippen molar-refractivity contribution in [2.45, 2.75) is 31.0 Å². The summed E-state index contributed by atoms with van der Waals surface area (Å²) in [5, 5.41) is 0.516. The number of morpholine rings is 1. The third-order valence-electron chi connectivity index (χ3n) is 7.26. The zero-order chi connectivity index (χ0) is 25.8. The van der Waals surface area contributed by atoms with E-state index < -0.39 is 15.1 Å². The second-order valence-corrected chi connectivity index (χ2v) is 12.3. The third-order valence-corrected chi connectivity index (χ3v) is 9.31. The van der Waals surface area contributed by atoms with Crippen LogP contribution >= 0.6 is 0 Å². The fourth-order valence-corrected chi connectivity index (χ4v) is 5.94. The van der Waals surface area contributed by atoms with E-state index in [0.717, 1.165) is 46.7 Å². The molecule has 0 radical (unpaired) electrons. The van der Waals surface area contributed by atoms with Gasteiger partial charge in [0, 0.05) is 63.0 Å². The van der Waals surface area contributed by atoms with E-state index in [0.29, 0.717) is 31.9 Å². The van der Waals surface area contributed by atoms with E-state index >= 15 is 0 Å². The lowest BCUT2D eigenvalue weighted by Gasteiger charge is -2.38. The van der Waals surface area contributed by atoms with Gasteiger partial charge in [-0.25, -0.2) is 13.4 Å². The molecule has 0 aliphatic carbocycles. The van der Waals surface area contributed by atoms with E-state index in [-0.39, 0.29) is 10.6 Å². The van der Waals surface area contributed by atoms with Gasteiger partial charge in [-0.2, -0.15) is 0 Å². The van der Waals surface area contributed by atoms with Crippen molar-refractivity contribution in [3.05, 3.63) is 46.4 Å². The van der Waals surface area contributed by atoms with Crippen LogP contribution in [0, 0.1) is 6.92 Å². The summed E-state index contributed by atoms with van der Waals surface area (Å²) in [6, 6.07) is 7.90. The van der Waals surface area contributed by atoms with E-state index in [9.17, 15) is 13.2 Å². The van der Waals surface area contributed by atoms with Crippen LogP contribution in [0.3, 0.4) is 0 Å². The van der Waals surface area contributed by atoms with E-state index in [4.69, 9.17) is 4.74 Å². The Labute approximate surface area is 211 Å². The summed E-state index contributed by atoms with van der Waals surface area (Å²) in [5.74, 6) is 0. The van der Waals surface area contributed by atoms with E-state index in [1.807, 2.05) is 27.1 Å². The highest BCUT2D eigenvalue weighted by Gasteiger charge is 2.29. The molecular formula is C26H33N5O4S. The number of sulfone groups is 1. The summed E-state index contributed by atoms with van der Waals surface area (Å²) in [5.41, 5.74) is 5.19. The maximum absolute atomic E-state index is 12.8. The van der Waals surface area contributed by atoms with Crippen LogP contribution in [-0.2, 0) is 21.6 Å². The van der Waals surface area contributed by atoms with Crippen LogP contribution in [0.5, 0.6) is 0 Å². The molecular weight excluding hydrogens is 478 g/mol. The standard InChI is InChI=1S/C26H33N5O4S/c1-17(2)36(33,34)25-15-23-24(16-27-25)31(7-6-28(23)4)22-14-19(30-8-10-35-11-9-30)13-21-20(22)12-18(3)26(32)29(21)5/h12-17H,6-11H2,1-5H3. The molecule has 2 aliphatic heterocycles. The largest absolute Gasteiger partial charge is 0.378 e. The first-order valence-electron chi connectivity index (χ1n) is 12.3. The Bertz CT molecular complexity index is 1490. The number of hydrogen-bond donors (Lipinski definition) is 0. The number of hydrogen-bond acceptors (Lipinski definition) is 8. The molecule has 0 bridgehead atoms. The van der Waals surface area contributed by atoms with Crippen molar-refractivity contribution in [3.8, 4) is 0 Å². The maximum atomic E-state index is 12.8. The lowest BCUT2D eigenvalue weighted by Crippen LogP contribution is -2.38. The maximum Gasteiger partial charge on any atom is 0.253 e. The number of fused-ring (bicyclic) bond motifs is 2. The molecule has 1 aromatic carbocycles. The van der Waals surface area contributed by atoms with Gasteiger partial charge in [0.2, 0.25) is 0 Å². The lowest BCUT2D eigenvalue weighted by molar-refractivity contribution is 0.122. The van der Waals surface area contributed by atoms with Gasteiger partial charge in [0.1, 0.15) is 0 Å². The minimum absolute atomic E-state index is 0.0171. The first kappa shape index (κ1) is 24.6. The Hall–Kier alpha value is -3.11. The normalized spacial score (nSPS) is 16.7. The first-order chi connectivity index (χ1) is 17.1. The van der Waals surface area contributed by atoms with Gasteiger partial charge in [-0.05, 0) is 39.0 Å². The van der Waals surface area contributed by atoms with Crippen LogP contribution in [0.1, 0.15) is 19.4 Å². The molecule has 1 fully saturated rings. The number of pyridine rings is 2. The number of nitrogens with zero attached hydrogens (tertiary/aromatic N) is 5. The highest BCUT2D eigenvalue weighted by Crippen LogP contribution is 2.42. The van der Waals surface area contributed by atoms with Crippen molar-refractivity contribution in [1.29, 1.82) is 0 Å². The average Bonchev–Trinajstić information content (AvgIpc) is 2.87. The molecule has 0 saturated carbocycles. The summed E-state index contributed by atoms with van der Waals surface area (Å²) < 4.78 is 32.9. The van der Waals surface area contributed by atoms with Gasteiger partial charge in [-0.15, -0.1) is 0 Å². The number of benzene rings is 1. The zero-order valence-electron chi connectivity index (χ0n) is 21.5. The summed E-state index contributed by atoms with van der Waals surface area (Å²) in [7, 11) is 0.282. The van der Waals surface area contributed by atoms with Crippen LogP contribution in [0.15, 0.2) is 40.3 Å². The van der Waals surface area contributed by atoms with Crippen molar-refractivity contribution < 1.29 is 13.2 Å². The van der Waals surface area contributed by atoms with E-state index in [1.54, 1.807) is 30.7 Å². The fourth-order valence-electron chi connectivity index (χ4n) is 4.98. The molecule has 4 heterocycles. The molecule has 10 heteroatoms. The van der Waals surface area contributed by atoms with Crippen molar-refractivity contribution in [1.82, 2.24) is 9.55 Å². The predicted octanol–water partition coefficient (Wildman–Crippen LogP) is 2.85. The molecule has 0 amide bonds. The van der Waals surface area contributed by atoms with Crippen LogP contribution in [0.4, 0.5) is 22.7 Å². The molecule has 0 atom stereocenters. The van der Waals surface area contributed by atoms with Crippen LogP contribution in [-0.4, -0.2) is 69.7 Å². The molecule has 2 aliphatic rings. The van der Waals surface area contributed by atoms with Crippen LogP contribution in [0.2, 0.25) is 0 Å². The van der Waals surface area contributed by atoms with Crippen LogP contribution in [0.25, 0.3) is 10.9 Å². The Balaban J connectivity index is 1.73. The molecule has 9 nitrogen and oxygen atoms in total. The molecule has 3 aromatic rings. The molecule has 192 valence electrons. The summed E-state index contributed by atoms with van der Waals surface area (Å²) in [6.07, 6.45) is 1.67. The van der Waals surface area contributed by atoms with Crippen molar-refractivity contribution >= 4 is 43.5 Å². The van der Waals surface area contributed by atoms with Gasteiger partial charge in [0.15, 0.2) is 14.9 Å². The molecule has 2 aromatic heterocycles. The molecule has 0 spiro atoms. The smallest absolute Gasteiger partial charge is 0.253 e. The minimum Gasteiger partial charge on any atom is -0.378 e. The average molecular weight is 512 g/mol.